The van der Waals surface area contributed by atoms with Crippen LogP contribution < -0.4 is 0 Å². The van der Waals surface area contributed by atoms with Crippen molar-refractivity contribution in [1.82, 2.24) is 4.98 Å². The molecule has 0 N–H and O–H groups in total. The van der Waals surface area contributed by atoms with Crippen LogP contribution in [-0.2, 0) is 6.42 Å². The highest BCUT2D eigenvalue weighted by molar-refractivity contribution is 6.32. The van der Waals surface area contributed by atoms with Crippen molar-refractivity contribution in [3.05, 3.63) is 40.0 Å². The van der Waals surface area contributed by atoms with E-state index < -0.39 is 0 Å². The number of halogens is 3. The summed E-state index contributed by atoms with van der Waals surface area (Å²) >= 11 is 17.6. The molecule has 0 aliphatic carbocycles. The third-order valence-electron chi connectivity index (χ3n) is 2.17. The van der Waals surface area contributed by atoms with E-state index in [0.29, 0.717) is 16.1 Å². The molecule has 0 unspecified atom stereocenters. The molecule has 1 aromatic carbocycles. The fourth-order valence-electron chi connectivity index (χ4n) is 1.44. The van der Waals surface area contributed by atoms with Gasteiger partial charge in [-0.05, 0) is 30.2 Å². The van der Waals surface area contributed by atoms with E-state index in [1.807, 2.05) is 18.2 Å². The Bertz CT molecular complexity index is 496. The van der Waals surface area contributed by atoms with Crippen molar-refractivity contribution >= 4 is 45.7 Å². The third-order valence-corrected chi connectivity index (χ3v) is 2.92. The van der Waals surface area contributed by atoms with Gasteiger partial charge in [0.25, 0.3) is 0 Å². The molecule has 0 radical (unpaired) electrons. The number of aromatic nitrogens is 1. The zero-order chi connectivity index (χ0) is 10.8. The average Bonchev–Trinajstić information content (AvgIpc) is 2.20. The number of hydrogen-bond donors (Lipinski definition) is 0. The first-order valence-electron chi connectivity index (χ1n) is 4.51. The summed E-state index contributed by atoms with van der Waals surface area (Å²) in [5, 5.41) is 2.20. The molecule has 0 amide bonds. The number of fused-ring (bicyclic) bond motifs is 1. The molecule has 2 rings (SSSR count). The van der Waals surface area contributed by atoms with Crippen LogP contribution in [0.1, 0.15) is 5.56 Å². The summed E-state index contributed by atoms with van der Waals surface area (Å²) in [6.07, 6.45) is 0.728. The largest absolute Gasteiger partial charge is 0.236 e. The van der Waals surface area contributed by atoms with Gasteiger partial charge in [0.15, 0.2) is 0 Å². The summed E-state index contributed by atoms with van der Waals surface area (Å²) in [4.78, 5) is 4.28. The van der Waals surface area contributed by atoms with E-state index in [4.69, 9.17) is 34.8 Å². The monoisotopic (exact) mass is 259 g/mol. The van der Waals surface area contributed by atoms with Crippen molar-refractivity contribution < 1.29 is 0 Å². The number of rotatable bonds is 2. The first-order chi connectivity index (χ1) is 7.20. The van der Waals surface area contributed by atoms with E-state index in [2.05, 4.69) is 4.98 Å². The molecule has 2 aromatic rings. The Hall–Kier alpha value is -0.500. The SMILES string of the molecule is ClCCc1cc2ccc(Cl)cc2nc1Cl. The summed E-state index contributed by atoms with van der Waals surface area (Å²) < 4.78 is 0. The summed E-state index contributed by atoms with van der Waals surface area (Å²) in [7, 11) is 0. The molecule has 0 fully saturated rings. The molecule has 1 heterocycles. The highest BCUT2D eigenvalue weighted by Gasteiger charge is 2.04. The van der Waals surface area contributed by atoms with Crippen molar-refractivity contribution in [2.45, 2.75) is 6.42 Å². The fraction of sp³-hybridized carbons (Fsp3) is 0.182. The van der Waals surface area contributed by atoms with Crippen LogP contribution in [-0.4, -0.2) is 10.9 Å². The number of nitrogens with zero attached hydrogens (tertiary/aromatic N) is 1. The molecule has 0 aliphatic heterocycles. The second-order valence-corrected chi connectivity index (χ2v) is 4.39. The molecule has 1 nitrogen and oxygen atoms in total. The molecule has 0 spiro atoms. The topological polar surface area (TPSA) is 12.9 Å². The van der Waals surface area contributed by atoms with E-state index in [9.17, 15) is 0 Å². The van der Waals surface area contributed by atoms with Gasteiger partial charge >= 0.3 is 0 Å². The van der Waals surface area contributed by atoms with Crippen molar-refractivity contribution in [3.63, 3.8) is 0 Å². The summed E-state index contributed by atoms with van der Waals surface area (Å²) in [5.74, 6) is 0.542. The van der Waals surface area contributed by atoms with Gasteiger partial charge in [-0.3, -0.25) is 0 Å². The van der Waals surface area contributed by atoms with Gasteiger partial charge < -0.3 is 0 Å². The minimum atomic E-state index is 0.505. The first kappa shape index (κ1) is 11.0. The predicted molar refractivity (Wildman–Crippen MR) is 66.2 cm³/mol. The first-order valence-corrected chi connectivity index (χ1v) is 5.80. The van der Waals surface area contributed by atoms with E-state index in [1.54, 1.807) is 6.07 Å². The molecule has 1 aromatic heterocycles. The number of pyridine rings is 1. The smallest absolute Gasteiger partial charge is 0.133 e. The van der Waals surface area contributed by atoms with E-state index in [0.717, 1.165) is 22.9 Å². The standard InChI is InChI=1S/C11H8Cl3N/c12-4-3-8-5-7-1-2-9(13)6-10(7)15-11(8)14/h1-2,5-6H,3-4H2. The van der Waals surface area contributed by atoms with Crippen molar-refractivity contribution in [2.75, 3.05) is 5.88 Å². The number of aryl methyl sites for hydroxylation is 1. The van der Waals surface area contributed by atoms with Crippen molar-refractivity contribution in [3.8, 4) is 0 Å². The van der Waals surface area contributed by atoms with Gasteiger partial charge in [-0.25, -0.2) is 4.98 Å². The van der Waals surface area contributed by atoms with Crippen LogP contribution in [0.25, 0.3) is 10.9 Å². The van der Waals surface area contributed by atoms with Crippen LogP contribution in [0.5, 0.6) is 0 Å². The number of alkyl halides is 1. The minimum absolute atomic E-state index is 0.505. The normalized spacial score (nSPS) is 10.9. The molecular formula is C11H8Cl3N. The highest BCUT2D eigenvalue weighted by Crippen LogP contribution is 2.23. The van der Waals surface area contributed by atoms with Crippen LogP contribution in [0, 0.1) is 0 Å². The Morgan fingerprint density at radius 2 is 1.93 bits per heavy atom. The van der Waals surface area contributed by atoms with Gasteiger partial charge in [-0.2, -0.15) is 0 Å². The molecule has 0 bridgehead atoms. The van der Waals surface area contributed by atoms with Gasteiger partial charge in [-0.15, -0.1) is 11.6 Å². The van der Waals surface area contributed by atoms with Gasteiger partial charge in [0, 0.05) is 16.3 Å². The lowest BCUT2D eigenvalue weighted by Crippen LogP contribution is -1.91. The Kier molecular flexibility index (Phi) is 3.35. The van der Waals surface area contributed by atoms with E-state index >= 15 is 0 Å². The van der Waals surface area contributed by atoms with Gasteiger partial charge in [0.2, 0.25) is 0 Å². The average molecular weight is 261 g/mol. The lowest BCUT2D eigenvalue weighted by atomic mass is 10.1. The molecule has 0 aliphatic rings. The van der Waals surface area contributed by atoms with Crippen LogP contribution >= 0.6 is 34.8 Å². The number of hydrogen-bond acceptors (Lipinski definition) is 1. The van der Waals surface area contributed by atoms with Crippen molar-refractivity contribution in [2.24, 2.45) is 0 Å². The maximum atomic E-state index is 6.02. The van der Waals surface area contributed by atoms with Crippen LogP contribution in [0.3, 0.4) is 0 Å². The van der Waals surface area contributed by atoms with Gasteiger partial charge in [0.1, 0.15) is 5.15 Å². The molecule has 4 heteroatoms. The molecule has 0 atom stereocenters. The van der Waals surface area contributed by atoms with Crippen LogP contribution in [0.4, 0.5) is 0 Å². The fourth-order valence-corrected chi connectivity index (χ4v) is 2.05. The Morgan fingerprint density at radius 1 is 1.13 bits per heavy atom. The predicted octanol–water partition coefficient (Wildman–Crippen LogP) is 4.32. The van der Waals surface area contributed by atoms with Crippen molar-refractivity contribution in [1.29, 1.82) is 0 Å². The Morgan fingerprint density at radius 3 is 2.67 bits per heavy atom. The lowest BCUT2D eigenvalue weighted by Gasteiger charge is -2.04. The van der Waals surface area contributed by atoms with Crippen LogP contribution in [0.15, 0.2) is 24.3 Å². The van der Waals surface area contributed by atoms with Gasteiger partial charge in [0.05, 0.1) is 5.52 Å². The second kappa shape index (κ2) is 4.56. The quantitative estimate of drug-likeness (QED) is 0.579. The van der Waals surface area contributed by atoms with Crippen LogP contribution in [0.2, 0.25) is 10.2 Å². The maximum Gasteiger partial charge on any atom is 0.133 e. The van der Waals surface area contributed by atoms with E-state index in [-0.39, 0.29) is 0 Å². The lowest BCUT2D eigenvalue weighted by molar-refractivity contribution is 1.13. The maximum absolute atomic E-state index is 6.02. The number of benzene rings is 1. The molecule has 78 valence electrons. The summed E-state index contributed by atoms with van der Waals surface area (Å²) in [6.45, 7) is 0. The molecule has 0 saturated heterocycles. The molecule has 15 heavy (non-hydrogen) atoms. The third kappa shape index (κ3) is 2.36. The highest BCUT2D eigenvalue weighted by atomic mass is 35.5. The zero-order valence-electron chi connectivity index (χ0n) is 7.80. The molecular weight excluding hydrogens is 252 g/mol. The van der Waals surface area contributed by atoms with E-state index in [1.165, 1.54) is 0 Å². The summed E-state index contributed by atoms with van der Waals surface area (Å²) in [5.41, 5.74) is 1.78. The summed E-state index contributed by atoms with van der Waals surface area (Å²) in [6, 6.07) is 7.57. The Labute approximate surface area is 103 Å². The van der Waals surface area contributed by atoms with Gasteiger partial charge in [-0.1, -0.05) is 29.3 Å². The second-order valence-electron chi connectivity index (χ2n) is 3.21. The molecule has 0 saturated carbocycles. The Balaban J connectivity index is 2.60. The minimum Gasteiger partial charge on any atom is -0.236 e. The zero-order valence-corrected chi connectivity index (χ0v) is 10.1.